The van der Waals surface area contributed by atoms with Gasteiger partial charge in [-0.1, -0.05) is 18.2 Å². The van der Waals surface area contributed by atoms with Crippen LogP contribution in [-0.2, 0) is 4.74 Å². The van der Waals surface area contributed by atoms with Crippen LogP contribution in [0.5, 0.6) is 0 Å². The molecule has 1 heterocycles. The molecule has 136 valence electrons. The highest BCUT2D eigenvalue weighted by Gasteiger charge is 2.21. The zero-order chi connectivity index (χ0) is 18.5. The van der Waals surface area contributed by atoms with E-state index in [-0.39, 0.29) is 5.91 Å². The Kier molecular flexibility index (Phi) is 5.53. The fraction of sp³-hybridized carbons (Fsp3) is 0.300. The molecule has 1 saturated heterocycles. The van der Waals surface area contributed by atoms with Crippen LogP contribution in [0.1, 0.15) is 20.7 Å². The van der Waals surface area contributed by atoms with Crippen molar-refractivity contribution in [3.05, 3.63) is 59.7 Å². The Morgan fingerprint density at radius 1 is 1.04 bits per heavy atom. The minimum Gasteiger partial charge on any atom is -0.465 e. The molecule has 0 aromatic heterocycles. The standard InChI is InChI=1S/C20H23N3O3/c1-22-10-12-23(13-11-22)18-9-8-16(20(25)26-2)14-17(18)21-19(24)15-6-4-3-5-7-15/h3-9,14H,10-13H2,1-2H3,(H,21,24)/p+1. The molecular formula is C20H24N3O3+. The number of amides is 1. The average molecular weight is 354 g/mol. The van der Waals surface area contributed by atoms with Crippen molar-refractivity contribution >= 4 is 23.3 Å². The first-order valence-corrected chi connectivity index (χ1v) is 8.73. The van der Waals surface area contributed by atoms with Crippen molar-refractivity contribution in [2.45, 2.75) is 0 Å². The number of nitrogens with zero attached hydrogens (tertiary/aromatic N) is 1. The number of carbonyl (C=O) groups excluding carboxylic acids is 2. The lowest BCUT2D eigenvalue weighted by Crippen LogP contribution is -3.12. The number of carbonyl (C=O) groups is 2. The monoisotopic (exact) mass is 354 g/mol. The second-order valence-corrected chi connectivity index (χ2v) is 6.49. The SMILES string of the molecule is COC(=O)c1ccc(N2CC[NH+](C)CC2)c(NC(=O)c2ccccc2)c1. The van der Waals surface area contributed by atoms with Gasteiger partial charge in [0.15, 0.2) is 0 Å². The maximum atomic E-state index is 12.6. The number of piperazine rings is 1. The largest absolute Gasteiger partial charge is 0.465 e. The van der Waals surface area contributed by atoms with Gasteiger partial charge in [-0.05, 0) is 30.3 Å². The quantitative estimate of drug-likeness (QED) is 0.806. The van der Waals surface area contributed by atoms with E-state index in [1.54, 1.807) is 24.3 Å². The van der Waals surface area contributed by atoms with Gasteiger partial charge in [-0.2, -0.15) is 0 Å². The summed E-state index contributed by atoms with van der Waals surface area (Å²) in [6.07, 6.45) is 0. The van der Waals surface area contributed by atoms with Gasteiger partial charge in [0.2, 0.25) is 0 Å². The number of likely N-dealkylation sites (N-methyl/N-ethyl adjacent to an activating group) is 1. The van der Waals surface area contributed by atoms with Crippen LogP contribution in [0.2, 0.25) is 0 Å². The molecule has 2 N–H and O–H groups in total. The second-order valence-electron chi connectivity index (χ2n) is 6.49. The fourth-order valence-electron chi connectivity index (χ4n) is 3.07. The van der Waals surface area contributed by atoms with Gasteiger partial charge in [0.05, 0.1) is 57.3 Å². The van der Waals surface area contributed by atoms with Crippen LogP contribution in [-0.4, -0.2) is 52.2 Å². The highest BCUT2D eigenvalue weighted by Crippen LogP contribution is 2.28. The Hall–Kier alpha value is -2.86. The maximum Gasteiger partial charge on any atom is 0.337 e. The molecule has 2 aromatic carbocycles. The van der Waals surface area contributed by atoms with Crippen molar-refractivity contribution < 1.29 is 19.2 Å². The Labute approximate surface area is 153 Å². The molecule has 6 heteroatoms. The van der Waals surface area contributed by atoms with Crippen molar-refractivity contribution in [3.8, 4) is 0 Å². The molecule has 1 fully saturated rings. The summed E-state index contributed by atoms with van der Waals surface area (Å²) < 4.78 is 4.81. The number of nitrogens with one attached hydrogen (secondary N) is 2. The molecule has 0 saturated carbocycles. The summed E-state index contributed by atoms with van der Waals surface area (Å²) in [5.41, 5.74) is 2.54. The minimum absolute atomic E-state index is 0.200. The summed E-state index contributed by atoms with van der Waals surface area (Å²) >= 11 is 0. The van der Waals surface area contributed by atoms with Gasteiger partial charge in [0.25, 0.3) is 5.91 Å². The van der Waals surface area contributed by atoms with Gasteiger partial charge in [-0.25, -0.2) is 4.79 Å². The van der Waals surface area contributed by atoms with Crippen LogP contribution in [0.4, 0.5) is 11.4 Å². The zero-order valence-corrected chi connectivity index (χ0v) is 15.1. The van der Waals surface area contributed by atoms with Crippen molar-refractivity contribution in [3.63, 3.8) is 0 Å². The summed E-state index contributed by atoms with van der Waals surface area (Å²) in [4.78, 5) is 28.2. The summed E-state index contributed by atoms with van der Waals surface area (Å²) in [6.45, 7) is 3.87. The van der Waals surface area contributed by atoms with Crippen LogP contribution >= 0.6 is 0 Å². The van der Waals surface area contributed by atoms with Crippen LogP contribution in [0.15, 0.2) is 48.5 Å². The van der Waals surface area contributed by atoms with E-state index in [4.69, 9.17) is 4.74 Å². The molecule has 3 rings (SSSR count). The first-order valence-electron chi connectivity index (χ1n) is 8.73. The molecule has 26 heavy (non-hydrogen) atoms. The lowest BCUT2D eigenvalue weighted by molar-refractivity contribution is -0.880. The maximum absolute atomic E-state index is 12.6. The molecule has 0 radical (unpaired) electrons. The molecule has 2 aromatic rings. The zero-order valence-electron chi connectivity index (χ0n) is 15.1. The molecule has 1 amide bonds. The minimum atomic E-state index is -0.422. The third-order valence-corrected chi connectivity index (χ3v) is 4.66. The van der Waals surface area contributed by atoms with E-state index in [0.717, 1.165) is 31.9 Å². The van der Waals surface area contributed by atoms with E-state index >= 15 is 0 Å². The third kappa shape index (κ3) is 4.03. The molecule has 0 unspecified atom stereocenters. The van der Waals surface area contributed by atoms with E-state index in [0.29, 0.717) is 16.8 Å². The summed E-state index contributed by atoms with van der Waals surface area (Å²) in [5, 5.41) is 2.96. The van der Waals surface area contributed by atoms with Gasteiger partial charge < -0.3 is 19.9 Å². The molecule has 0 bridgehead atoms. The third-order valence-electron chi connectivity index (χ3n) is 4.66. The average Bonchev–Trinajstić information content (AvgIpc) is 2.68. The van der Waals surface area contributed by atoms with Crippen molar-refractivity contribution in [1.82, 2.24) is 0 Å². The summed E-state index contributed by atoms with van der Waals surface area (Å²) in [5.74, 6) is -0.622. The first kappa shape index (κ1) is 17.9. The number of methoxy groups -OCH3 is 1. The Morgan fingerprint density at radius 3 is 2.38 bits per heavy atom. The Balaban J connectivity index is 1.91. The molecule has 1 aliphatic rings. The first-order chi connectivity index (χ1) is 12.6. The molecule has 0 atom stereocenters. The van der Waals surface area contributed by atoms with Crippen LogP contribution < -0.4 is 15.1 Å². The number of anilines is 2. The van der Waals surface area contributed by atoms with Gasteiger partial charge in [-0.3, -0.25) is 4.79 Å². The van der Waals surface area contributed by atoms with Crippen LogP contribution in [0.25, 0.3) is 0 Å². The number of ether oxygens (including phenoxy) is 1. The topological polar surface area (TPSA) is 63.1 Å². The van der Waals surface area contributed by atoms with Crippen molar-refractivity contribution in [2.24, 2.45) is 0 Å². The van der Waals surface area contributed by atoms with Gasteiger partial charge in [0.1, 0.15) is 0 Å². The van der Waals surface area contributed by atoms with Crippen LogP contribution in [0, 0.1) is 0 Å². The lowest BCUT2D eigenvalue weighted by atomic mass is 10.1. The second kappa shape index (κ2) is 8.01. The highest BCUT2D eigenvalue weighted by molar-refractivity contribution is 6.06. The van der Waals surface area contributed by atoms with Gasteiger partial charge >= 0.3 is 5.97 Å². The van der Waals surface area contributed by atoms with E-state index < -0.39 is 5.97 Å². The molecular weight excluding hydrogens is 330 g/mol. The van der Waals surface area contributed by atoms with Gasteiger partial charge in [0, 0.05) is 5.56 Å². The lowest BCUT2D eigenvalue weighted by Gasteiger charge is -2.33. The molecule has 6 nitrogen and oxygen atoms in total. The van der Waals surface area contributed by atoms with Crippen molar-refractivity contribution in [2.75, 3.05) is 50.6 Å². The normalized spacial score (nSPS) is 14.8. The van der Waals surface area contributed by atoms with E-state index in [9.17, 15) is 9.59 Å². The fourth-order valence-corrected chi connectivity index (χ4v) is 3.07. The number of benzene rings is 2. The van der Waals surface area contributed by atoms with Crippen molar-refractivity contribution in [1.29, 1.82) is 0 Å². The number of esters is 1. The predicted octanol–water partition coefficient (Wildman–Crippen LogP) is 1.06. The molecule has 0 aliphatic carbocycles. The molecule has 0 spiro atoms. The number of hydrogen-bond acceptors (Lipinski definition) is 4. The molecule has 1 aliphatic heterocycles. The number of rotatable bonds is 4. The summed E-state index contributed by atoms with van der Waals surface area (Å²) in [7, 11) is 3.53. The summed E-state index contributed by atoms with van der Waals surface area (Å²) in [6, 6.07) is 14.3. The number of quaternary nitrogens is 1. The van der Waals surface area contributed by atoms with E-state index in [2.05, 4.69) is 17.3 Å². The van der Waals surface area contributed by atoms with Crippen LogP contribution in [0.3, 0.4) is 0 Å². The van der Waals surface area contributed by atoms with E-state index in [1.807, 2.05) is 24.3 Å². The van der Waals surface area contributed by atoms with Gasteiger partial charge in [-0.15, -0.1) is 0 Å². The Bertz CT molecular complexity index is 784. The highest BCUT2D eigenvalue weighted by atomic mass is 16.5. The van der Waals surface area contributed by atoms with E-state index in [1.165, 1.54) is 12.0 Å². The Morgan fingerprint density at radius 2 is 1.73 bits per heavy atom. The predicted molar refractivity (Wildman–Crippen MR) is 101 cm³/mol. The smallest absolute Gasteiger partial charge is 0.337 e. The number of hydrogen-bond donors (Lipinski definition) is 2.